The Morgan fingerprint density at radius 3 is 2.47 bits per heavy atom. The van der Waals surface area contributed by atoms with Crippen LogP contribution in [0.4, 0.5) is 0 Å². The lowest BCUT2D eigenvalue weighted by atomic mass is 10.3. The SMILES string of the molecule is Cc1cn([C@H]2CO[C@@H](COP(=O)(NCC(=O)Oc3ccccc3)Oc3ccccc3)O2)c(=O)[nH]c1=O. The second-order valence-electron chi connectivity index (χ2n) is 7.65. The van der Waals surface area contributed by atoms with Crippen molar-refractivity contribution in [2.75, 3.05) is 19.8 Å². The highest BCUT2D eigenvalue weighted by Gasteiger charge is 2.34. The van der Waals surface area contributed by atoms with E-state index < -0.39 is 44.0 Å². The van der Waals surface area contributed by atoms with Gasteiger partial charge in [-0.25, -0.2) is 14.4 Å². The van der Waals surface area contributed by atoms with E-state index in [2.05, 4.69) is 10.1 Å². The van der Waals surface area contributed by atoms with Gasteiger partial charge in [0, 0.05) is 11.8 Å². The van der Waals surface area contributed by atoms with E-state index in [-0.39, 0.29) is 19.0 Å². The lowest BCUT2D eigenvalue weighted by Crippen LogP contribution is -2.34. The first-order chi connectivity index (χ1) is 17.3. The van der Waals surface area contributed by atoms with Crippen molar-refractivity contribution in [2.45, 2.75) is 19.4 Å². The van der Waals surface area contributed by atoms with E-state index in [1.165, 1.54) is 10.8 Å². The Labute approximate surface area is 205 Å². The average Bonchev–Trinajstić information content (AvgIpc) is 3.34. The molecule has 0 radical (unpaired) electrons. The van der Waals surface area contributed by atoms with Crippen LogP contribution in [0.2, 0.25) is 0 Å². The molecule has 1 aliphatic heterocycles. The number of esters is 1. The summed E-state index contributed by atoms with van der Waals surface area (Å²) in [5, 5.41) is 2.48. The molecule has 1 aromatic heterocycles. The van der Waals surface area contributed by atoms with E-state index in [9.17, 15) is 18.9 Å². The molecule has 12 nitrogen and oxygen atoms in total. The van der Waals surface area contributed by atoms with Crippen LogP contribution in [0.1, 0.15) is 11.8 Å². The zero-order valence-corrected chi connectivity index (χ0v) is 20.1. The minimum Gasteiger partial charge on any atom is -0.426 e. The number of H-pyrrole nitrogens is 1. The topological polar surface area (TPSA) is 147 Å². The van der Waals surface area contributed by atoms with E-state index in [4.69, 9.17) is 23.3 Å². The van der Waals surface area contributed by atoms with Gasteiger partial charge in [-0.15, -0.1) is 0 Å². The molecular weight excluding hydrogens is 493 g/mol. The van der Waals surface area contributed by atoms with E-state index in [1.54, 1.807) is 67.6 Å². The molecule has 1 fully saturated rings. The third-order valence-electron chi connectivity index (χ3n) is 4.93. The number of rotatable bonds is 10. The lowest BCUT2D eigenvalue weighted by Gasteiger charge is -2.21. The molecule has 2 aromatic carbocycles. The number of ether oxygens (including phenoxy) is 3. The van der Waals surface area contributed by atoms with Crippen molar-refractivity contribution < 1.29 is 32.6 Å². The number of aromatic nitrogens is 2. The first-order valence-corrected chi connectivity index (χ1v) is 12.4. The van der Waals surface area contributed by atoms with Gasteiger partial charge in [-0.2, -0.15) is 0 Å². The Bertz CT molecular complexity index is 1340. The molecule has 3 atom stereocenters. The van der Waals surface area contributed by atoms with Gasteiger partial charge in [-0.05, 0) is 31.2 Å². The van der Waals surface area contributed by atoms with Crippen LogP contribution in [0.3, 0.4) is 0 Å². The van der Waals surface area contributed by atoms with Crippen molar-refractivity contribution in [3.05, 3.63) is 93.3 Å². The van der Waals surface area contributed by atoms with Gasteiger partial charge < -0.3 is 18.7 Å². The largest absolute Gasteiger partial charge is 0.459 e. The van der Waals surface area contributed by atoms with E-state index in [0.717, 1.165) is 0 Å². The van der Waals surface area contributed by atoms with Gasteiger partial charge in [-0.1, -0.05) is 36.4 Å². The maximum absolute atomic E-state index is 13.4. The number of hydrogen-bond acceptors (Lipinski definition) is 9. The highest BCUT2D eigenvalue weighted by Crippen LogP contribution is 2.44. The summed E-state index contributed by atoms with van der Waals surface area (Å²) < 4.78 is 42.0. The van der Waals surface area contributed by atoms with Crippen molar-refractivity contribution in [3.63, 3.8) is 0 Å². The Morgan fingerprint density at radius 1 is 1.11 bits per heavy atom. The molecule has 190 valence electrons. The fraction of sp³-hybridized carbons (Fsp3) is 0.261. The number of nitrogens with one attached hydrogen (secondary N) is 2. The highest BCUT2D eigenvalue weighted by atomic mass is 31.2. The molecule has 2 N–H and O–H groups in total. The van der Waals surface area contributed by atoms with Crippen molar-refractivity contribution >= 4 is 13.7 Å². The number of aromatic amines is 1. The maximum atomic E-state index is 13.4. The molecular formula is C23H24N3O9P. The second kappa shape index (κ2) is 11.5. The minimum absolute atomic E-state index is 0.0138. The zero-order chi connectivity index (χ0) is 25.5. The van der Waals surface area contributed by atoms with Gasteiger partial charge in [0.15, 0.2) is 12.5 Å². The molecule has 36 heavy (non-hydrogen) atoms. The van der Waals surface area contributed by atoms with Crippen molar-refractivity contribution in [1.82, 2.24) is 14.6 Å². The summed E-state index contributed by atoms with van der Waals surface area (Å²) in [7, 11) is -4.09. The Morgan fingerprint density at radius 2 is 1.78 bits per heavy atom. The van der Waals surface area contributed by atoms with Crippen LogP contribution in [0, 0.1) is 6.92 Å². The van der Waals surface area contributed by atoms with Crippen molar-refractivity contribution in [2.24, 2.45) is 0 Å². The average molecular weight is 517 g/mol. The van der Waals surface area contributed by atoms with Gasteiger partial charge in [-0.3, -0.25) is 23.7 Å². The molecule has 2 heterocycles. The number of carbonyl (C=O) groups is 1. The Hall–Kier alpha value is -3.54. The lowest BCUT2D eigenvalue weighted by molar-refractivity contribution is -0.133. The first-order valence-electron chi connectivity index (χ1n) is 10.9. The maximum Gasteiger partial charge on any atom is 0.459 e. The standard InChI is InChI=1S/C23H24N3O9P/c1-16-13-26(23(29)25-22(16)28)19-14-31-21(34-19)15-32-36(30,35-18-10-6-3-7-11-18)24-12-20(27)33-17-8-4-2-5-9-17/h2-11,13,19,21H,12,14-15H2,1H3,(H,24,30)(H,25,28,29)/t19-,21-,36?/m1/s1. The molecule has 3 aromatic rings. The number of hydrogen-bond donors (Lipinski definition) is 2. The predicted octanol–water partition coefficient (Wildman–Crippen LogP) is 2.12. The minimum atomic E-state index is -4.09. The fourth-order valence-electron chi connectivity index (χ4n) is 3.18. The van der Waals surface area contributed by atoms with Crippen molar-refractivity contribution in [1.29, 1.82) is 0 Å². The summed E-state index contributed by atoms with van der Waals surface area (Å²) in [5.74, 6) is -0.135. The number of carbonyl (C=O) groups excluding carboxylic acids is 1. The second-order valence-corrected chi connectivity index (χ2v) is 9.40. The van der Waals surface area contributed by atoms with Gasteiger partial charge in [0.05, 0.1) is 6.61 Å². The monoisotopic (exact) mass is 517 g/mol. The fourth-order valence-corrected chi connectivity index (χ4v) is 4.43. The summed E-state index contributed by atoms with van der Waals surface area (Å²) in [6.07, 6.45) is -0.466. The molecule has 1 saturated heterocycles. The molecule has 1 aliphatic rings. The van der Waals surface area contributed by atoms with Crippen LogP contribution in [0.5, 0.6) is 11.5 Å². The molecule has 0 aliphatic carbocycles. The number of para-hydroxylation sites is 2. The summed E-state index contributed by atoms with van der Waals surface area (Å²) in [6.45, 7) is 0.718. The summed E-state index contributed by atoms with van der Waals surface area (Å²) >= 11 is 0. The van der Waals surface area contributed by atoms with Gasteiger partial charge in [0.2, 0.25) is 0 Å². The molecule has 0 saturated carbocycles. The zero-order valence-electron chi connectivity index (χ0n) is 19.2. The molecule has 0 spiro atoms. The van der Waals surface area contributed by atoms with Crippen LogP contribution in [-0.4, -0.2) is 41.6 Å². The van der Waals surface area contributed by atoms with Crippen LogP contribution >= 0.6 is 7.75 Å². The van der Waals surface area contributed by atoms with Gasteiger partial charge in [0.1, 0.15) is 24.7 Å². The third kappa shape index (κ3) is 6.78. The van der Waals surface area contributed by atoms with Gasteiger partial charge in [0.25, 0.3) is 5.56 Å². The first kappa shape index (κ1) is 25.5. The Balaban J connectivity index is 1.39. The van der Waals surface area contributed by atoms with Crippen LogP contribution in [-0.2, 0) is 23.4 Å². The van der Waals surface area contributed by atoms with Crippen molar-refractivity contribution in [3.8, 4) is 11.5 Å². The molecule has 13 heteroatoms. The molecule has 0 bridgehead atoms. The predicted molar refractivity (Wildman–Crippen MR) is 127 cm³/mol. The molecule has 0 amide bonds. The van der Waals surface area contributed by atoms with E-state index in [0.29, 0.717) is 11.3 Å². The van der Waals surface area contributed by atoms with Gasteiger partial charge >= 0.3 is 19.4 Å². The van der Waals surface area contributed by atoms with Crippen LogP contribution < -0.4 is 25.6 Å². The third-order valence-corrected chi connectivity index (χ3v) is 6.42. The smallest absolute Gasteiger partial charge is 0.426 e. The number of nitrogens with zero attached hydrogens (tertiary/aromatic N) is 1. The normalized spacial score (nSPS) is 18.9. The quantitative estimate of drug-likeness (QED) is 0.233. The molecule has 4 rings (SSSR count). The Kier molecular flexibility index (Phi) is 8.14. The highest BCUT2D eigenvalue weighted by molar-refractivity contribution is 7.52. The summed E-state index contributed by atoms with van der Waals surface area (Å²) in [6, 6.07) is 16.7. The molecule has 1 unspecified atom stereocenters. The number of benzene rings is 2. The van der Waals surface area contributed by atoms with Crippen LogP contribution in [0.25, 0.3) is 0 Å². The summed E-state index contributed by atoms with van der Waals surface area (Å²) in [5.41, 5.74) is -0.825. The summed E-state index contributed by atoms with van der Waals surface area (Å²) in [4.78, 5) is 38.1. The van der Waals surface area contributed by atoms with E-state index >= 15 is 0 Å². The number of aryl methyl sites for hydroxylation is 1. The van der Waals surface area contributed by atoms with Crippen LogP contribution in [0.15, 0.2) is 76.4 Å². The van der Waals surface area contributed by atoms with E-state index in [1.807, 2.05) is 0 Å².